The highest BCUT2D eigenvalue weighted by Crippen LogP contribution is 2.28. The molecule has 0 heterocycles. The predicted octanol–water partition coefficient (Wildman–Crippen LogP) is 2.96. The number of carbonyl (C=O) groups excluding carboxylic acids is 1. The van der Waals surface area contributed by atoms with Gasteiger partial charge in [-0.25, -0.2) is 13.1 Å². The summed E-state index contributed by atoms with van der Waals surface area (Å²) in [4.78, 5) is 12.1. The fraction of sp³-hybridized carbons (Fsp3) is 0.278. The van der Waals surface area contributed by atoms with E-state index < -0.39 is 10.0 Å². The van der Waals surface area contributed by atoms with Crippen LogP contribution in [0.2, 0.25) is 5.02 Å². The van der Waals surface area contributed by atoms with E-state index in [2.05, 4.69) is 10.0 Å². The Morgan fingerprint density at radius 1 is 1.12 bits per heavy atom. The average molecular weight is 379 g/mol. The third-order valence-electron chi connectivity index (χ3n) is 4.04. The molecule has 2 aromatic rings. The van der Waals surface area contributed by atoms with Gasteiger partial charge in [0.05, 0.1) is 5.02 Å². The minimum atomic E-state index is -3.83. The Morgan fingerprint density at radius 3 is 2.52 bits per heavy atom. The van der Waals surface area contributed by atoms with Crippen molar-refractivity contribution in [2.45, 2.75) is 24.3 Å². The number of sulfonamides is 1. The van der Waals surface area contributed by atoms with Gasteiger partial charge < -0.3 is 5.32 Å². The maximum atomic E-state index is 12.5. The first-order chi connectivity index (χ1) is 12.0. The number of hydrogen-bond donors (Lipinski definition) is 2. The molecule has 25 heavy (non-hydrogen) atoms. The Bertz CT molecular complexity index is 865. The molecule has 3 rings (SSSR count). The van der Waals surface area contributed by atoms with Crippen molar-refractivity contribution >= 4 is 27.5 Å². The largest absolute Gasteiger partial charge is 0.352 e. The third kappa shape index (κ3) is 4.81. The molecular weight excluding hydrogens is 360 g/mol. The van der Waals surface area contributed by atoms with Gasteiger partial charge in [0.2, 0.25) is 10.0 Å². The first-order valence-corrected chi connectivity index (χ1v) is 9.93. The van der Waals surface area contributed by atoms with E-state index in [0.29, 0.717) is 12.5 Å². The van der Waals surface area contributed by atoms with Crippen LogP contribution < -0.4 is 10.0 Å². The number of amides is 1. The Kier molecular flexibility index (Phi) is 5.42. The number of halogens is 1. The zero-order valence-corrected chi connectivity index (χ0v) is 15.1. The number of carbonyl (C=O) groups is 1. The van der Waals surface area contributed by atoms with Gasteiger partial charge in [-0.05, 0) is 42.5 Å². The first-order valence-electron chi connectivity index (χ1n) is 8.07. The van der Waals surface area contributed by atoms with E-state index >= 15 is 0 Å². The van der Waals surface area contributed by atoms with Crippen molar-refractivity contribution in [1.29, 1.82) is 0 Å². The lowest BCUT2D eigenvalue weighted by atomic mass is 10.2. The van der Waals surface area contributed by atoms with Crippen molar-refractivity contribution in [2.24, 2.45) is 5.92 Å². The molecule has 1 saturated carbocycles. The highest BCUT2D eigenvalue weighted by molar-refractivity contribution is 7.89. The highest BCUT2D eigenvalue weighted by Gasteiger charge is 2.23. The van der Waals surface area contributed by atoms with Crippen molar-refractivity contribution in [3.8, 4) is 0 Å². The lowest BCUT2D eigenvalue weighted by Crippen LogP contribution is -2.27. The van der Waals surface area contributed by atoms with E-state index in [9.17, 15) is 13.2 Å². The minimum absolute atomic E-state index is 0.0827. The SMILES string of the molecule is O=C(NCC1CC1)c1ccc(Cl)c(S(=O)(=O)NCc2ccccc2)c1. The van der Waals surface area contributed by atoms with Crippen LogP contribution in [0.3, 0.4) is 0 Å². The molecule has 1 fully saturated rings. The van der Waals surface area contributed by atoms with Crippen LogP contribution in [0.25, 0.3) is 0 Å². The topological polar surface area (TPSA) is 75.3 Å². The van der Waals surface area contributed by atoms with Crippen molar-refractivity contribution in [1.82, 2.24) is 10.0 Å². The predicted molar refractivity (Wildman–Crippen MR) is 97.0 cm³/mol. The van der Waals surface area contributed by atoms with E-state index in [1.54, 1.807) is 0 Å². The van der Waals surface area contributed by atoms with Crippen LogP contribution >= 0.6 is 11.6 Å². The molecule has 132 valence electrons. The van der Waals surface area contributed by atoms with Gasteiger partial charge in [-0.2, -0.15) is 0 Å². The molecule has 0 spiro atoms. The summed E-state index contributed by atoms with van der Waals surface area (Å²) in [7, 11) is -3.83. The van der Waals surface area contributed by atoms with Gasteiger partial charge in [-0.3, -0.25) is 4.79 Å². The fourth-order valence-electron chi connectivity index (χ4n) is 2.36. The van der Waals surface area contributed by atoms with Crippen molar-refractivity contribution in [3.05, 3.63) is 64.7 Å². The second-order valence-corrected chi connectivity index (χ2v) is 8.25. The lowest BCUT2D eigenvalue weighted by Gasteiger charge is -2.11. The highest BCUT2D eigenvalue weighted by atomic mass is 35.5. The molecular formula is C18H19ClN2O3S. The molecule has 0 aliphatic heterocycles. The molecule has 1 aliphatic carbocycles. The molecule has 5 nitrogen and oxygen atoms in total. The molecule has 0 radical (unpaired) electrons. The van der Waals surface area contributed by atoms with Crippen molar-refractivity contribution in [3.63, 3.8) is 0 Å². The Morgan fingerprint density at radius 2 is 1.84 bits per heavy atom. The molecule has 0 atom stereocenters. The molecule has 1 amide bonds. The molecule has 1 aliphatic rings. The van der Waals surface area contributed by atoms with Crippen LogP contribution in [-0.4, -0.2) is 20.9 Å². The van der Waals surface area contributed by atoms with E-state index in [1.807, 2.05) is 30.3 Å². The van der Waals surface area contributed by atoms with Gasteiger partial charge in [0.1, 0.15) is 4.90 Å². The van der Waals surface area contributed by atoms with Gasteiger partial charge in [0.25, 0.3) is 5.91 Å². The summed E-state index contributed by atoms with van der Waals surface area (Å²) in [5, 5.41) is 2.90. The standard InChI is InChI=1S/C18H19ClN2O3S/c19-16-9-8-15(18(22)20-11-14-6-7-14)10-17(16)25(23,24)21-12-13-4-2-1-3-5-13/h1-5,8-10,14,21H,6-7,11-12H2,(H,20,22). The summed E-state index contributed by atoms with van der Waals surface area (Å²) in [6.45, 7) is 0.771. The second-order valence-electron chi connectivity index (χ2n) is 6.11. The van der Waals surface area contributed by atoms with Gasteiger partial charge >= 0.3 is 0 Å². The van der Waals surface area contributed by atoms with E-state index in [4.69, 9.17) is 11.6 Å². The monoisotopic (exact) mass is 378 g/mol. The number of hydrogen-bond acceptors (Lipinski definition) is 3. The van der Waals surface area contributed by atoms with Crippen molar-refractivity contribution < 1.29 is 13.2 Å². The summed E-state index contributed by atoms with van der Waals surface area (Å²) in [5.41, 5.74) is 1.12. The molecule has 0 bridgehead atoms. The molecule has 0 aromatic heterocycles. The Hall–Kier alpha value is -1.89. The normalized spacial score (nSPS) is 14.3. The summed E-state index contributed by atoms with van der Waals surface area (Å²) < 4.78 is 27.6. The molecule has 0 saturated heterocycles. The number of benzene rings is 2. The van der Waals surface area contributed by atoms with Crippen LogP contribution in [0.15, 0.2) is 53.4 Å². The third-order valence-corrected chi connectivity index (χ3v) is 5.92. The number of rotatable bonds is 7. The fourth-order valence-corrected chi connectivity index (χ4v) is 3.90. The lowest BCUT2D eigenvalue weighted by molar-refractivity contribution is 0.0951. The molecule has 0 unspecified atom stereocenters. The van der Waals surface area contributed by atoms with Crippen LogP contribution in [0.5, 0.6) is 0 Å². The Labute approximate surface area is 152 Å². The van der Waals surface area contributed by atoms with Gasteiger partial charge in [0.15, 0.2) is 0 Å². The maximum absolute atomic E-state index is 12.5. The van der Waals surface area contributed by atoms with E-state index in [1.165, 1.54) is 18.2 Å². The summed E-state index contributed by atoms with van der Waals surface area (Å²) in [6.07, 6.45) is 2.26. The van der Waals surface area contributed by atoms with Crippen LogP contribution in [0, 0.1) is 5.92 Å². The first kappa shape index (κ1) is 17.9. The summed E-state index contributed by atoms with van der Waals surface area (Å²) >= 11 is 6.05. The zero-order chi connectivity index (χ0) is 17.9. The molecule has 2 aromatic carbocycles. The van der Waals surface area contributed by atoms with Crippen LogP contribution in [0.1, 0.15) is 28.8 Å². The van der Waals surface area contributed by atoms with E-state index in [0.717, 1.165) is 18.4 Å². The quantitative estimate of drug-likeness (QED) is 0.777. The minimum Gasteiger partial charge on any atom is -0.352 e. The smallest absolute Gasteiger partial charge is 0.251 e. The number of nitrogens with one attached hydrogen (secondary N) is 2. The van der Waals surface area contributed by atoms with Gasteiger partial charge in [-0.1, -0.05) is 41.9 Å². The maximum Gasteiger partial charge on any atom is 0.251 e. The zero-order valence-electron chi connectivity index (χ0n) is 13.5. The van der Waals surface area contributed by atoms with Crippen molar-refractivity contribution in [2.75, 3.05) is 6.54 Å². The molecule has 7 heteroatoms. The Balaban J connectivity index is 1.74. The van der Waals surface area contributed by atoms with Gasteiger partial charge in [0, 0.05) is 18.7 Å². The summed E-state index contributed by atoms with van der Waals surface area (Å²) in [5.74, 6) is 0.259. The molecule has 2 N–H and O–H groups in total. The average Bonchev–Trinajstić information content (AvgIpc) is 3.43. The summed E-state index contributed by atoms with van der Waals surface area (Å²) in [6, 6.07) is 13.5. The van der Waals surface area contributed by atoms with E-state index in [-0.39, 0.29) is 27.9 Å². The van der Waals surface area contributed by atoms with Gasteiger partial charge in [-0.15, -0.1) is 0 Å². The second kappa shape index (κ2) is 7.56. The van der Waals surface area contributed by atoms with Crippen LogP contribution in [-0.2, 0) is 16.6 Å². The van der Waals surface area contributed by atoms with Crippen LogP contribution in [0.4, 0.5) is 0 Å².